The molecule has 1 rings (SSSR count). The van der Waals surface area contributed by atoms with E-state index >= 15 is 0 Å². The zero-order valence-corrected chi connectivity index (χ0v) is 11.1. The largest absolute Gasteiger partial charge is 0.360 e. The SMILES string of the molecule is CCCCN(C(=S)NC1CC1)C(C)CC. The van der Waals surface area contributed by atoms with E-state index in [0.717, 1.165) is 18.1 Å². The molecule has 1 atom stereocenters. The quantitative estimate of drug-likeness (QED) is 0.704. The molecule has 1 saturated carbocycles. The van der Waals surface area contributed by atoms with E-state index in [9.17, 15) is 0 Å². The molecule has 1 aliphatic rings. The first kappa shape index (κ1) is 12.8. The van der Waals surface area contributed by atoms with Gasteiger partial charge in [0.1, 0.15) is 0 Å². The van der Waals surface area contributed by atoms with Crippen molar-refractivity contribution >= 4 is 17.3 Å². The van der Waals surface area contributed by atoms with Crippen LogP contribution in [0.1, 0.15) is 52.9 Å². The van der Waals surface area contributed by atoms with Crippen molar-refractivity contribution in [1.29, 1.82) is 0 Å². The lowest BCUT2D eigenvalue weighted by atomic mass is 10.2. The van der Waals surface area contributed by atoms with E-state index in [0.29, 0.717) is 12.1 Å². The maximum absolute atomic E-state index is 5.46. The first-order chi connectivity index (χ1) is 7.19. The Kier molecular flexibility index (Phi) is 5.37. The Morgan fingerprint density at radius 1 is 1.47 bits per heavy atom. The molecule has 1 fully saturated rings. The van der Waals surface area contributed by atoms with E-state index in [1.807, 2.05) is 0 Å². The maximum atomic E-state index is 5.46. The van der Waals surface area contributed by atoms with Gasteiger partial charge in [-0.25, -0.2) is 0 Å². The average Bonchev–Trinajstić information content (AvgIpc) is 3.01. The first-order valence-corrected chi connectivity index (χ1v) is 6.67. The summed E-state index contributed by atoms with van der Waals surface area (Å²) >= 11 is 5.46. The smallest absolute Gasteiger partial charge is 0.169 e. The second-order valence-electron chi connectivity index (χ2n) is 4.53. The lowest BCUT2D eigenvalue weighted by Gasteiger charge is -2.31. The number of thiocarbonyl (C=S) groups is 1. The van der Waals surface area contributed by atoms with Gasteiger partial charge in [-0.15, -0.1) is 0 Å². The molecule has 0 aromatic rings. The van der Waals surface area contributed by atoms with Crippen molar-refractivity contribution in [2.24, 2.45) is 0 Å². The number of unbranched alkanes of at least 4 members (excludes halogenated alkanes) is 1. The Balaban J connectivity index is 2.40. The van der Waals surface area contributed by atoms with Crippen LogP contribution in [0.2, 0.25) is 0 Å². The van der Waals surface area contributed by atoms with E-state index < -0.39 is 0 Å². The van der Waals surface area contributed by atoms with Crippen LogP contribution in [-0.4, -0.2) is 28.6 Å². The van der Waals surface area contributed by atoms with Crippen molar-refractivity contribution in [2.45, 2.75) is 65.0 Å². The van der Waals surface area contributed by atoms with Crippen LogP contribution in [0, 0.1) is 0 Å². The maximum Gasteiger partial charge on any atom is 0.169 e. The number of hydrogen-bond donors (Lipinski definition) is 1. The van der Waals surface area contributed by atoms with Gasteiger partial charge in [-0.1, -0.05) is 20.3 Å². The van der Waals surface area contributed by atoms with Crippen LogP contribution < -0.4 is 5.32 Å². The van der Waals surface area contributed by atoms with Gasteiger partial charge in [0, 0.05) is 18.6 Å². The lowest BCUT2D eigenvalue weighted by molar-refractivity contribution is 0.312. The minimum atomic E-state index is 0.565. The normalized spacial score (nSPS) is 17.3. The predicted molar refractivity (Wildman–Crippen MR) is 70.1 cm³/mol. The van der Waals surface area contributed by atoms with Gasteiger partial charge >= 0.3 is 0 Å². The molecule has 0 aromatic carbocycles. The number of hydrogen-bond acceptors (Lipinski definition) is 1. The number of nitrogens with zero attached hydrogens (tertiary/aromatic N) is 1. The molecule has 0 aliphatic heterocycles. The Morgan fingerprint density at radius 2 is 2.13 bits per heavy atom. The Labute approximate surface area is 99.4 Å². The number of rotatable bonds is 6. The van der Waals surface area contributed by atoms with Gasteiger partial charge in [-0.05, 0) is 44.8 Å². The van der Waals surface area contributed by atoms with Crippen LogP contribution in [0.15, 0.2) is 0 Å². The van der Waals surface area contributed by atoms with Gasteiger partial charge in [0.2, 0.25) is 0 Å². The second-order valence-corrected chi connectivity index (χ2v) is 4.91. The highest BCUT2D eigenvalue weighted by molar-refractivity contribution is 7.80. The minimum Gasteiger partial charge on any atom is -0.360 e. The summed E-state index contributed by atoms with van der Waals surface area (Å²) in [5, 5.41) is 4.41. The van der Waals surface area contributed by atoms with Crippen molar-refractivity contribution < 1.29 is 0 Å². The summed E-state index contributed by atoms with van der Waals surface area (Å²) in [4.78, 5) is 2.36. The Bertz CT molecular complexity index is 202. The van der Waals surface area contributed by atoms with E-state index in [2.05, 4.69) is 31.0 Å². The van der Waals surface area contributed by atoms with Crippen molar-refractivity contribution in [1.82, 2.24) is 10.2 Å². The molecule has 0 amide bonds. The summed E-state index contributed by atoms with van der Waals surface area (Å²) < 4.78 is 0. The minimum absolute atomic E-state index is 0.565. The highest BCUT2D eigenvalue weighted by Crippen LogP contribution is 2.19. The van der Waals surface area contributed by atoms with E-state index in [4.69, 9.17) is 12.2 Å². The van der Waals surface area contributed by atoms with Crippen LogP contribution in [0.25, 0.3) is 0 Å². The first-order valence-electron chi connectivity index (χ1n) is 6.26. The number of nitrogens with one attached hydrogen (secondary N) is 1. The van der Waals surface area contributed by atoms with Gasteiger partial charge < -0.3 is 10.2 Å². The predicted octanol–water partition coefficient (Wildman–Crippen LogP) is 2.92. The van der Waals surface area contributed by atoms with Gasteiger partial charge in [0.25, 0.3) is 0 Å². The summed E-state index contributed by atoms with van der Waals surface area (Å²) in [6.07, 6.45) is 6.22. The fourth-order valence-corrected chi connectivity index (χ4v) is 1.99. The molecule has 15 heavy (non-hydrogen) atoms. The third-order valence-corrected chi connectivity index (χ3v) is 3.39. The molecule has 88 valence electrons. The van der Waals surface area contributed by atoms with Crippen molar-refractivity contribution in [3.8, 4) is 0 Å². The monoisotopic (exact) mass is 228 g/mol. The molecular weight excluding hydrogens is 204 g/mol. The topological polar surface area (TPSA) is 15.3 Å². The molecule has 0 radical (unpaired) electrons. The molecule has 1 aliphatic carbocycles. The summed E-state index contributed by atoms with van der Waals surface area (Å²) in [6, 6.07) is 1.24. The molecule has 1 N–H and O–H groups in total. The van der Waals surface area contributed by atoms with Crippen molar-refractivity contribution in [3.05, 3.63) is 0 Å². The molecular formula is C12H24N2S. The molecule has 0 heterocycles. The summed E-state index contributed by atoms with van der Waals surface area (Å²) in [5.74, 6) is 0. The zero-order valence-electron chi connectivity index (χ0n) is 10.3. The van der Waals surface area contributed by atoms with E-state index in [-0.39, 0.29) is 0 Å². The Morgan fingerprint density at radius 3 is 2.60 bits per heavy atom. The molecule has 0 spiro atoms. The van der Waals surface area contributed by atoms with Gasteiger partial charge in [-0.2, -0.15) is 0 Å². The van der Waals surface area contributed by atoms with Crippen LogP contribution in [0.5, 0.6) is 0 Å². The summed E-state index contributed by atoms with van der Waals surface area (Å²) in [7, 11) is 0. The Hall–Kier alpha value is -0.310. The second kappa shape index (κ2) is 6.31. The standard InChI is InChI=1S/C12H24N2S/c1-4-6-9-14(10(3)5-2)12(15)13-11-7-8-11/h10-11H,4-9H2,1-3H3,(H,13,15). The van der Waals surface area contributed by atoms with Gasteiger partial charge in [0.15, 0.2) is 5.11 Å². The highest BCUT2D eigenvalue weighted by Gasteiger charge is 2.24. The zero-order chi connectivity index (χ0) is 11.3. The van der Waals surface area contributed by atoms with Crippen LogP contribution in [-0.2, 0) is 0 Å². The fraction of sp³-hybridized carbons (Fsp3) is 0.917. The molecule has 3 heteroatoms. The summed E-state index contributed by atoms with van der Waals surface area (Å²) in [6.45, 7) is 7.82. The third kappa shape index (κ3) is 4.37. The molecule has 0 saturated heterocycles. The van der Waals surface area contributed by atoms with Crippen LogP contribution in [0.4, 0.5) is 0 Å². The third-order valence-electron chi connectivity index (χ3n) is 3.04. The summed E-state index contributed by atoms with van der Waals surface area (Å²) in [5.41, 5.74) is 0. The van der Waals surface area contributed by atoms with E-state index in [1.54, 1.807) is 0 Å². The van der Waals surface area contributed by atoms with Crippen molar-refractivity contribution in [2.75, 3.05) is 6.54 Å². The van der Waals surface area contributed by atoms with Gasteiger partial charge in [0.05, 0.1) is 0 Å². The highest BCUT2D eigenvalue weighted by atomic mass is 32.1. The molecule has 1 unspecified atom stereocenters. The van der Waals surface area contributed by atoms with E-state index in [1.165, 1.54) is 25.7 Å². The van der Waals surface area contributed by atoms with Crippen LogP contribution in [0.3, 0.4) is 0 Å². The fourth-order valence-electron chi connectivity index (χ4n) is 1.56. The molecule has 0 aromatic heterocycles. The molecule has 2 nitrogen and oxygen atoms in total. The lowest BCUT2D eigenvalue weighted by Crippen LogP contribution is -2.45. The molecule has 0 bridgehead atoms. The van der Waals surface area contributed by atoms with Crippen LogP contribution >= 0.6 is 12.2 Å². The van der Waals surface area contributed by atoms with Gasteiger partial charge in [-0.3, -0.25) is 0 Å². The van der Waals surface area contributed by atoms with Crippen molar-refractivity contribution in [3.63, 3.8) is 0 Å². The average molecular weight is 228 g/mol.